The maximum atomic E-state index is 13.0. The van der Waals surface area contributed by atoms with Gasteiger partial charge in [-0.3, -0.25) is 9.80 Å². The Hall–Kier alpha value is -1.92. The van der Waals surface area contributed by atoms with Crippen molar-refractivity contribution in [1.82, 2.24) is 19.4 Å². The minimum absolute atomic E-state index is 0.164. The van der Waals surface area contributed by atoms with E-state index in [1.807, 2.05) is 24.5 Å². The Bertz CT molecular complexity index is 684. The summed E-state index contributed by atoms with van der Waals surface area (Å²) >= 11 is 0. The molecule has 25 heavy (non-hydrogen) atoms. The van der Waals surface area contributed by atoms with Crippen LogP contribution in [0.2, 0.25) is 0 Å². The van der Waals surface area contributed by atoms with Gasteiger partial charge in [0.15, 0.2) is 0 Å². The fourth-order valence-electron chi connectivity index (χ4n) is 3.85. The normalized spacial score (nSPS) is 20.0. The fraction of sp³-hybridized carbons (Fsp3) is 0.526. The second-order valence-corrected chi connectivity index (χ2v) is 7.12. The van der Waals surface area contributed by atoms with Crippen molar-refractivity contribution in [1.29, 1.82) is 0 Å². The van der Waals surface area contributed by atoms with Gasteiger partial charge >= 0.3 is 0 Å². The molecule has 0 spiro atoms. The smallest absolute Gasteiger partial charge is 0.123 e. The standard InChI is InChI=1S/C19H26FN5/c1-22-9-7-21-19(22)6-8-23-14-18(15-23)25-12-10-24(11-13-25)17-4-2-16(20)3-5-17/h2-5,7,9,18H,6,8,10-15H2,1H3. The van der Waals surface area contributed by atoms with Crippen LogP contribution in [0, 0.1) is 5.82 Å². The predicted molar refractivity (Wildman–Crippen MR) is 97.3 cm³/mol. The van der Waals surface area contributed by atoms with Crippen LogP contribution in [0.1, 0.15) is 5.82 Å². The lowest BCUT2D eigenvalue weighted by Gasteiger charge is -2.48. The summed E-state index contributed by atoms with van der Waals surface area (Å²) in [5.41, 5.74) is 1.13. The minimum atomic E-state index is -0.164. The van der Waals surface area contributed by atoms with Crippen molar-refractivity contribution in [2.45, 2.75) is 12.5 Å². The summed E-state index contributed by atoms with van der Waals surface area (Å²) in [6.07, 6.45) is 4.90. The third kappa shape index (κ3) is 3.70. The van der Waals surface area contributed by atoms with Gasteiger partial charge in [0, 0.05) is 83.4 Å². The number of piperazine rings is 1. The molecule has 2 fully saturated rings. The van der Waals surface area contributed by atoms with Crippen LogP contribution in [0.5, 0.6) is 0 Å². The zero-order chi connectivity index (χ0) is 17.2. The molecule has 0 N–H and O–H groups in total. The molecule has 3 heterocycles. The van der Waals surface area contributed by atoms with Crippen LogP contribution < -0.4 is 4.90 Å². The number of hydrogen-bond acceptors (Lipinski definition) is 4. The first-order valence-electron chi connectivity index (χ1n) is 9.12. The van der Waals surface area contributed by atoms with Crippen LogP contribution in [0.3, 0.4) is 0 Å². The van der Waals surface area contributed by atoms with Gasteiger partial charge in [0.1, 0.15) is 11.6 Å². The Morgan fingerprint density at radius 1 is 1.08 bits per heavy atom. The molecule has 6 heteroatoms. The molecule has 5 nitrogen and oxygen atoms in total. The summed E-state index contributed by atoms with van der Waals surface area (Å²) in [4.78, 5) is 11.9. The van der Waals surface area contributed by atoms with Crippen molar-refractivity contribution in [2.24, 2.45) is 7.05 Å². The average Bonchev–Trinajstić information content (AvgIpc) is 3.00. The number of aryl methyl sites for hydroxylation is 1. The zero-order valence-corrected chi connectivity index (χ0v) is 14.8. The van der Waals surface area contributed by atoms with Gasteiger partial charge in [0.2, 0.25) is 0 Å². The lowest BCUT2D eigenvalue weighted by atomic mass is 10.1. The number of likely N-dealkylation sites (tertiary alicyclic amines) is 1. The topological polar surface area (TPSA) is 27.5 Å². The molecule has 0 unspecified atom stereocenters. The van der Waals surface area contributed by atoms with Gasteiger partial charge in [0.25, 0.3) is 0 Å². The number of anilines is 1. The Balaban J connectivity index is 1.19. The molecule has 0 aliphatic carbocycles. The van der Waals surface area contributed by atoms with E-state index < -0.39 is 0 Å². The van der Waals surface area contributed by atoms with E-state index in [4.69, 9.17) is 0 Å². The highest BCUT2D eigenvalue weighted by molar-refractivity contribution is 5.46. The van der Waals surface area contributed by atoms with Crippen molar-refractivity contribution >= 4 is 5.69 Å². The van der Waals surface area contributed by atoms with Crippen LogP contribution in [0.15, 0.2) is 36.7 Å². The van der Waals surface area contributed by atoms with Crippen LogP contribution >= 0.6 is 0 Å². The van der Waals surface area contributed by atoms with Crippen molar-refractivity contribution in [2.75, 3.05) is 50.7 Å². The molecule has 2 aromatic rings. The average molecular weight is 343 g/mol. The summed E-state index contributed by atoms with van der Waals surface area (Å²) in [7, 11) is 2.06. The summed E-state index contributed by atoms with van der Waals surface area (Å²) < 4.78 is 15.2. The highest BCUT2D eigenvalue weighted by Gasteiger charge is 2.33. The largest absolute Gasteiger partial charge is 0.369 e. The van der Waals surface area contributed by atoms with Crippen LogP contribution in [-0.4, -0.2) is 71.2 Å². The van der Waals surface area contributed by atoms with E-state index in [2.05, 4.69) is 31.3 Å². The third-order valence-electron chi connectivity index (χ3n) is 5.53. The van der Waals surface area contributed by atoms with E-state index in [1.165, 1.54) is 13.1 Å². The number of imidazole rings is 1. The van der Waals surface area contributed by atoms with Crippen molar-refractivity contribution < 1.29 is 4.39 Å². The monoisotopic (exact) mass is 343 g/mol. The van der Waals surface area contributed by atoms with Gasteiger partial charge in [-0.1, -0.05) is 0 Å². The first kappa shape index (κ1) is 16.5. The maximum absolute atomic E-state index is 13.0. The highest BCUT2D eigenvalue weighted by Crippen LogP contribution is 2.21. The number of rotatable bonds is 5. The van der Waals surface area contributed by atoms with Gasteiger partial charge in [-0.15, -0.1) is 0 Å². The van der Waals surface area contributed by atoms with E-state index in [0.29, 0.717) is 6.04 Å². The Labute approximate surface area is 148 Å². The van der Waals surface area contributed by atoms with Crippen LogP contribution in [-0.2, 0) is 13.5 Å². The van der Waals surface area contributed by atoms with Crippen molar-refractivity contribution in [3.05, 3.63) is 48.3 Å². The molecule has 0 atom stereocenters. The first-order valence-corrected chi connectivity index (χ1v) is 9.12. The molecule has 0 saturated carbocycles. The quantitative estimate of drug-likeness (QED) is 0.824. The van der Waals surface area contributed by atoms with E-state index in [0.717, 1.165) is 50.7 Å². The summed E-state index contributed by atoms with van der Waals surface area (Å²) in [6.45, 7) is 7.66. The number of benzene rings is 1. The number of hydrogen-bond donors (Lipinski definition) is 0. The van der Waals surface area contributed by atoms with E-state index in [-0.39, 0.29) is 5.82 Å². The zero-order valence-electron chi connectivity index (χ0n) is 14.8. The maximum Gasteiger partial charge on any atom is 0.123 e. The minimum Gasteiger partial charge on any atom is -0.369 e. The number of aromatic nitrogens is 2. The van der Waals surface area contributed by atoms with Gasteiger partial charge in [-0.2, -0.15) is 0 Å². The highest BCUT2D eigenvalue weighted by atomic mass is 19.1. The van der Waals surface area contributed by atoms with Crippen LogP contribution in [0.25, 0.3) is 0 Å². The molecule has 0 bridgehead atoms. The predicted octanol–water partition coefficient (Wildman–Crippen LogP) is 1.61. The lowest BCUT2D eigenvalue weighted by molar-refractivity contribution is 0.0313. The summed E-state index contributed by atoms with van der Waals surface area (Å²) in [6, 6.07) is 7.55. The number of nitrogens with zero attached hydrogens (tertiary/aromatic N) is 5. The molecule has 2 saturated heterocycles. The molecule has 1 aromatic heterocycles. The molecule has 0 radical (unpaired) electrons. The third-order valence-corrected chi connectivity index (χ3v) is 5.53. The van der Waals surface area contributed by atoms with Crippen LogP contribution in [0.4, 0.5) is 10.1 Å². The Kier molecular flexibility index (Phi) is 4.72. The first-order chi connectivity index (χ1) is 12.2. The van der Waals surface area contributed by atoms with Crippen molar-refractivity contribution in [3.8, 4) is 0 Å². The van der Waals surface area contributed by atoms with Gasteiger partial charge in [-0.05, 0) is 24.3 Å². The molecule has 2 aliphatic rings. The summed E-state index contributed by atoms with van der Waals surface area (Å²) in [5.74, 6) is 0.999. The van der Waals surface area contributed by atoms with Gasteiger partial charge in [0.05, 0.1) is 0 Å². The summed E-state index contributed by atoms with van der Waals surface area (Å²) in [5, 5.41) is 0. The van der Waals surface area contributed by atoms with E-state index in [9.17, 15) is 4.39 Å². The molecular formula is C19H26FN5. The van der Waals surface area contributed by atoms with Crippen molar-refractivity contribution in [3.63, 3.8) is 0 Å². The van der Waals surface area contributed by atoms with E-state index in [1.54, 1.807) is 12.1 Å². The Morgan fingerprint density at radius 2 is 1.80 bits per heavy atom. The SMILES string of the molecule is Cn1ccnc1CCN1CC(N2CCN(c3ccc(F)cc3)CC2)C1. The van der Waals surface area contributed by atoms with E-state index >= 15 is 0 Å². The molecule has 0 amide bonds. The van der Waals surface area contributed by atoms with Gasteiger partial charge < -0.3 is 9.47 Å². The Morgan fingerprint density at radius 3 is 2.44 bits per heavy atom. The second kappa shape index (κ2) is 7.14. The van der Waals surface area contributed by atoms with Gasteiger partial charge in [-0.25, -0.2) is 9.37 Å². The molecule has 1 aromatic carbocycles. The molecular weight excluding hydrogens is 317 g/mol. The lowest BCUT2D eigenvalue weighted by Crippen LogP contribution is -2.63. The molecule has 4 rings (SSSR count). The second-order valence-electron chi connectivity index (χ2n) is 7.12. The molecule has 2 aliphatic heterocycles. The fourth-order valence-corrected chi connectivity index (χ4v) is 3.85. The number of halogens is 1. The molecule has 134 valence electrons.